The average molecular weight is 683 g/mol. The van der Waals surface area contributed by atoms with Crippen LogP contribution in [0.15, 0.2) is 101 Å². The Labute approximate surface area is 230 Å². The zero-order chi connectivity index (χ0) is 24.9. The SMILES string of the molecule is Cc1ccnc(-n2c3[c-]c(-c4[c-]c(S(=O)(=O)c5cccc(C)n5)ccc4)ccc3c3ccccc32)c1.[Pt+2]. The van der Waals surface area contributed by atoms with Gasteiger partial charge in [0.25, 0.3) is 0 Å². The first-order valence-corrected chi connectivity index (χ1v) is 13.0. The molecule has 0 aliphatic rings. The zero-order valence-corrected chi connectivity index (χ0v) is 23.1. The van der Waals surface area contributed by atoms with Crippen molar-refractivity contribution >= 4 is 31.6 Å². The number of benzene rings is 3. The summed E-state index contributed by atoms with van der Waals surface area (Å²) in [5, 5.41) is 2.16. The van der Waals surface area contributed by atoms with Crippen LogP contribution in [0.2, 0.25) is 0 Å². The minimum atomic E-state index is -3.81. The van der Waals surface area contributed by atoms with Crippen molar-refractivity contribution in [2.75, 3.05) is 0 Å². The van der Waals surface area contributed by atoms with Crippen LogP contribution in [0.1, 0.15) is 11.3 Å². The summed E-state index contributed by atoms with van der Waals surface area (Å²) in [7, 11) is -3.81. The maximum absolute atomic E-state index is 13.3. The van der Waals surface area contributed by atoms with Gasteiger partial charge in [-0.3, -0.25) is 0 Å². The molecule has 0 radical (unpaired) electrons. The molecule has 0 saturated carbocycles. The topological polar surface area (TPSA) is 64.8 Å². The fourth-order valence-corrected chi connectivity index (χ4v) is 5.72. The summed E-state index contributed by atoms with van der Waals surface area (Å²) in [6.07, 6.45) is 1.80. The first-order valence-electron chi connectivity index (χ1n) is 11.5. The summed E-state index contributed by atoms with van der Waals surface area (Å²) in [5.74, 6) is 0.806. The summed E-state index contributed by atoms with van der Waals surface area (Å²) in [5.41, 5.74) is 5.04. The molecule has 0 spiro atoms. The van der Waals surface area contributed by atoms with Crippen molar-refractivity contribution in [1.29, 1.82) is 0 Å². The molecule has 6 rings (SSSR count). The molecule has 0 amide bonds. The number of hydrogen-bond donors (Lipinski definition) is 0. The van der Waals surface area contributed by atoms with E-state index in [-0.39, 0.29) is 31.0 Å². The fraction of sp³-hybridized carbons (Fsp3) is 0.0667. The molecule has 3 aromatic heterocycles. The van der Waals surface area contributed by atoms with Crippen LogP contribution in [-0.2, 0) is 30.9 Å². The summed E-state index contributed by atoms with van der Waals surface area (Å²) in [6, 6.07) is 32.9. The molecule has 0 unspecified atom stereocenters. The van der Waals surface area contributed by atoms with Crippen LogP contribution < -0.4 is 0 Å². The number of rotatable bonds is 4. The van der Waals surface area contributed by atoms with Gasteiger partial charge in [-0.15, -0.1) is 12.1 Å². The molecule has 0 saturated heterocycles. The largest absolute Gasteiger partial charge is 2.00 e. The van der Waals surface area contributed by atoms with E-state index in [1.165, 1.54) is 6.07 Å². The van der Waals surface area contributed by atoms with Crippen LogP contribution in [0.3, 0.4) is 0 Å². The van der Waals surface area contributed by atoms with E-state index >= 15 is 0 Å². The molecule has 7 heteroatoms. The second kappa shape index (κ2) is 9.69. The van der Waals surface area contributed by atoms with Crippen molar-refractivity contribution in [2.24, 2.45) is 0 Å². The molecular formula is C30H21N3O2PtS. The molecule has 5 nitrogen and oxygen atoms in total. The molecular weight excluding hydrogens is 661 g/mol. The molecule has 0 bridgehead atoms. The minimum Gasteiger partial charge on any atom is -0.314 e. The van der Waals surface area contributed by atoms with E-state index in [1.54, 1.807) is 37.4 Å². The second-order valence-corrected chi connectivity index (χ2v) is 10.6. The number of aromatic nitrogens is 3. The van der Waals surface area contributed by atoms with E-state index in [1.807, 2.05) is 49.4 Å². The van der Waals surface area contributed by atoms with Gasteiger partial charge in [0, 0.05) is 17.4 Å². The summed E-state index contributed by atoms with van der Waals surface area (Å²) < 4.78 is 28.6. The maximum Gasteiger partial charge on any atom is 2.00 e. The number of hydrogen-bond acceptors (Lipinski definition) is 4. The fourth-order valence-electron chi connectivity index (χ4n) is 4.47. The molecule has 0 N–H and O–H groups in total. The van der Waals surface area contributed by atoms with Crippen molar-refractivity contribution in [3.63, 3.8) is 0 Å². The minimum absolute atomic E-state index is 0. The number of para-hydroxylation sites is 1. The van der Waals surface area contributed by atoms with Gasteiger partial charge in [0.15, 0.2) is 5.03 Å². The number of nitrogens with zero attached hydrogens (tertiary/aromatic N) is 3. The van der Waals surface area contributed by atoms with Crippen molar-refractivity contribution in [1.82, 2.24) is 14.5 Å². The molecule has 3 heterocycles. The Morgan fingerprint density at radius 2 is 1.57 bits per heavy atom. The monoisotopic (exact) mass is 682 g/mol. The van der Waals surface area contributed by atoms with Gasteiger partial charge in [-0.2, -0.15) is 30.3 Å². The molecule has 184 valence electrons. The quantitative estimate of drug-likeness (QED) is 0.205. The third-order valence-electron chi connectivity index (χ3n) is 6.20. The maximum atomic E-state index is 13.3. The third-order valence-corrected chi connectivity index (χ3v) is 7.80. The number of sulfone groups is 1. The van der Waals surface area contributed by atoms with E-state index in [9.17, 15) is 8.42 Å². The van der Waals surface area contributed by atoms with Gasteiger partial charge in [-0.05, 0) is 65.5 Å². The Kier molecular flexibility index (Phi) is 6.57. The Bertz CT molecular complexity index is 1890. The van der Waals surface area contributed by atoms with Gasteiger partial charge in [0.1, 0.15) is 5.82 Å². The van der Waals surface area contributed by atoms with Crippen LogP contribution in [0.25, 0.3) is 38.8 Å². The van der Waals surface area contributed by atoms with Crippen molar-refractivity contribution in [3.05, 3.63) is 115 Å². The van der Waals surface area contributed by atoms with Crippen LogP contribution >= 0.6 is 0 Å². The van der Waals surface area contributed by atoms with Gasteiger partial charge < -0.3 is 4.57 Å². The number of fused-ring (bicyclic) bond motifs is 3. The average Bonchev–Trinajstić information content (AvgIpc) is 3.22. The van der Waals surface area contributed by atoms with Gasteiger partial charge in [0.05, 0.1) is 0 Å². The van der Waals surface area contributed by atoms with E-state index in [0.717, 1.165) is 38.8 Å². The Morgan fingerprint density at radius 1 is 0.784 bits per heavy atom. The van der Waals surface area contributed by atoms with Gasteiger partial charge in [-0.25, -0.2) is 29.5 Å². The molecule has 0 aliphatic carbocycles. The first kappa shape index (κ1) is 25.1. The Morgan fingerprint density at radius 3 is 2.38 bits per heavy atom. The van der Waals surface area contributed by atoms with E-state index in [2.05, 4.69) is 38.8 Å². The number of pyridine rings is 2. The molecule has 6 aromatic rings. The molecule has 0 atom stereocenters. The second-order valence-electron chi connectivity index (χ2n) is 8.73. The van der Waals surface area contributed by atoms with Gasteiger partial charge in [-0.1, -0.05) is 29.7 Å². The Hall–Kier alpha value is -3.60. The van der Waals surface area contributed by atoms with E-state index < -0.39 is 9.84 Å². The smallest absolute Gasteiger partial charge is 0.314 e. The predicted molar refractivity (Wildman–Crippen MR) is 141 cm³/mol. The summed E-state index contributed by atoms with van der Waals surface area (Å²) >= 11 is 0. The van der Waals surface area contributed by atoms with Crippen LogP contribution in [0, 0.1) is 26.0 Å². The normalized spacial score (nSPS) is 11.5. The van der Waals surface area contributed by atoms with E-state index in [0.29, 0.717) is 11.3 Å². The van der Waals surface area contributed by atoms with Crippen molar-refractivity contribution in [2.45, 2.75) is 23.8 Å². The van der Waals surface area contributed by atoms with E-state index in [4.69, 9.17) is 0 Å². The zero-order valence-electron chi connectivity index (χ0n) is 20.0. The molecule has 0 aliphatic heterocycles. The Balaban J connectivity index is 0.00000280. The van der Waals surface area contributed by atoms with Crippen molar-refractivity contribution < 1.29 is 29.5 Å². The third kappa shape index (κ3) is 4.41. The van der Waals surface area contributed by atoms with Gasteiger partial charge in [0.2, 0.25) is 9.84 Å². The first-order chi connectivity index (χ1) is 17.4. The van der Waals surface area contributed by atoms with Gasteiger partial charge >= 0.3 is 21.1 Å². The van der Waals surface area contributed by atoms with Crippen molar-refractivity contribution in [3.8, 4) is 16.9 Å². The van der Waals surface area contributed by atoms with Crippen LogP contribution in [0.5, 0.6) is 0 Å². The molecule has 0 fully saturated rings. The van der Waals surface area contributed by atoms with Crippen LogP contribution in [0.4, 0.5) is 0 Å². The molecule has 37 heavy (non-hydrogen) atoms. The summed E-state index contributed by atoms with van der Waals surface area (Å²) in [4.78, 5) is 8.91. The number of aryl methyl sites for hydroxylation is 2. The predicted octanol–water partition coefficient (Wildman–Crippen LogP) is 6.29. The summed E-state index contributed by atoms with van der Waals surface area (Å²) in [6.45, 7) is 3.81. The van der Waals surface area contributed by atoms with Crippen LogP contribution in [-0.4, -0.2) is 23.0 Å². The molecule has 3 aromatic carbocycles. The standard InChI is InChI=1S/C30H21N3O2S.Pt/c1-20-15-16-31-29(17-20)33-27-11-4-3-10-25(27)26-14-13-23(19-28(26)33)22-8-6-9-24(18-22)36(34,35)30-12-5-7-21(2)32-30;/h3-17H,1-2H3;/q-2;+2.